The number of primary amides is 1. The number of ether oxygens (including phenoxy) is 1. The fraction of sp³-hybridized carbons (Fsp3) is 0.594. The number of hydroxylamine groups is 1. The minimum atomic E-state index is -1.13. The first kappa shape index (κ1) is 32.7. The van der Waals surface area contributed by atoms with Crippen LogP contribution in [0.3, 0.4) is 0 Å². The maximum Gasteiger partial charge on any atom is 0.408 e. The number of Topliss-reactive ketones (excluding diaryl/α,β-unsaturated/α-hetero) is 1. The van der Waals surface area contributed by atoms with Crippen LogP contribution in [0, 0.1) is 11.3 Å². The Bertz CT molecular complexity index is 1380. The van der Waals surface area contributed by atoms with E-state index in [4.69, 9.17) is 26.9 Å². The van der Waals surface area contributed by atoms with Crippen LogP contribution in [-0.4, -0.2) is 70.9 Å². The largest absolute Gasteiger partial charge is 0.446 e. The molecule has 1 aromatic carbocycles. The minimum absolute atomic E-state index is 0.0238. The second kappa shape index (κ2) is 13.0. The Labute approximate surface area is 267 Å². The first-order valence-electron chi connectivity index (χ1n) is 15.6. The Hall–Kier alpha value is -3.64. The number of likely N-dealkylation sites (tertiary alicyclic amines) is 1. The van der Waals surface area contributed by atoms with Crippen molar-refractivity contribution in [2.75, 3.05) is 6.54 Å². The number of carbonyl (C=O) groups is 5. The SMILES string of the molecule is CC(C)(C)[C@H](NC(=O)OC1CCCC1)C(=O)N1C[C@@]2(C=C(c3cccc(Cl)c3)NO2)C[C@H]1C(=O)N[C@@H](CC1CC1)C(=O)C(N)=O. The van der Waals surface area contributed by atoms with Crippen molar-refractivity contribution in [2.45, 2.75) is 102 Å². The zero-order valence-electron chi connectivity index (χ0n) is 25.9. The third-order valence-corrected chi connectivity index (χ3v) is 9.17. The van der Waals surface area contributed by atoms with Gasteiger partial charge in [0.15, 0.2) is 0 Å². The number of carbonyl (C=O) groups excluding carboxylic acids is 5. The number of rotatable bonds is 10. The van der Waals surface area contributed by atoms with E-state index in [9.17, 15) is 24.0 Å². The molecule has 2 aliphatic carbocycles. The number of ketones is 1. The lowest BCUT2D eigenvalue weighted by Gasteiger charge is -2.35. The predicted molar refractivity (Wildman–Crippen MR) is 165 cm³/mol. The highest BCUT2D eigenvalue weighted by Gasteiger charge is 2.54. The van der Waals surface area contributed by atoms with Gasteiger partial charge in [-0.05, 0) is 61.6 Å². The summed E-state index contributed by atoms with van der Waals surface area (Å²) < 4.78 is 5.60. The number of nitrogens with zero attached hydrogens (tertiary/aromatic N) is 1. The fourth-order valence-electron chi connectivity index (χ4n) is 6.30. The molecular formula is C32H42ClN5O7. The maximum atomic E-state index is 14.4. The smallest absolute Gasteiger partial charge is 0.408 e. The van der Waals surface area contributed by atoms with E-state index in [-0.39, 0.29) is 31.4 Å². The summed E-state index contributed by atoms with van der Waals surface area (Å²) in [7, 11) is 0. The van der Waals surface area contributed by atoms with Crippen molar-refractivity contribution in [1.82, 2.24) is 21.0 Å². The molecule has 0 unspecified atom stereocenters. The second-order valence-corrected chi connectivity index (χ2v) is 14.2. The molecule has 45 heavy (non-hydrogen) atoms. The minimum Gasteiger partial charge on any atom is -0.446 e. The number of nitrogens with two attached hydrogens (primary N) is 1. The highest BCUT2D eigenvalue weighted by molar-refractivity contribution is 6.37. The van der Waals surface area contributed by atoms with Gasteiger partial charge in [-0.15, -0.1) is 0 Å². The molecule has 2 saturated carbocycles. The van der Waals surface area contributed by atoms with Gasteiger partial charge in [-0.25, -0.2) is 4.79 Å². The van der Waals surface area contributed by atoms with E-state index >= 15 is 0 Å². The van der Waals surface area contributed by atoms with Gasteiger partial charge in [0.25, 0.3) is 5.91 Å². The van der Waals surface area contributed by atoms with Crippen LogP contribution in [0.5, 0.6) is 0 Å². The van der Waals surface area contributed by atoms with Crippen LogP contribution in [0.1, 0.15) is 77.7 Å². The molecule has 1 spiro atoms. The molecule has 5 rings (SSSR count). The molecule has 1 saturated heterocycles. The van der Waals surface area contributed by atoms with Gasteiger partial charge >= 0.3 is 6.09 Å². The van der Waals surface area contributed by atoms with Crippen molar-refractivity contribution < 1.29 is 33.5 Å². The predicted octanol–water partition coefficient (Wildman–Crippen LogP) is 2.98. The second-order valence-electron chi connectivity index (χ2n) is 13.7. The molecular weight excluding hydrogens is 602 g/mol. The molecule has 0 aromatic heterocycles. The van der Waals surface area contributed by atoms with Crippen molar-refractivity contribution in [3.63, 3.8) is 0 Å². The van der Waals surface area contributed by atoms with Crippen LogP contribution < -0.4 is 21.8 Å². The van der Waals surface area contributed by atoms with Crippen LogP contribution in [0.4, 0.5) is 4.79 Å². The molecule has 13 heteroatoms. The lowest BCUT2D eigenvalue weighted by atomic mass is 9.85. The normalized spacial score (nSPS) is 24.5. The van der Waals surface area contributed by atoms with Gasteiger partial charge in [-0.3, -0.25) is 29.5 Å². The number of hydrogen-bond acceptors (Lipinski definition) is 8. The summed E-state index contributed by atoms with van der Waals surface area (Å²) in [6.45, 7) is 5.42. The standard InChI is InChI=1S/C32H42ClN5O7/c1-31(2,3)26(36-30(43)44-21-9-4-5-10-21)29(42)38-17-32(15-23(37-45-32)19-7-6-8-20(33)14-19)16-24(38)28(41)35-22(13-18-11-12-18)25(39)27(34)40/h6-8,14-15,18,21-22,24,26,37H,4-5,9-13,16-17H2,1-3H3,(H2,34,40)(H,35,41)(H,36,43)/t22-,24-,26+,32+/m0/s1. The van der Waals surface area contributed by atoms with Crippen LogP contribution in [0.15, 0.2) is 30.3 Å². The molecule has 0 bridgehead atoms. The molecule has 4 amide bonds. The molecule has 4 atom stereocenters. The van der Waals surface area contributed by atoms with E-state index < -0.39 is 58.7 Å². The quantitative estimate of drug-likeness (QED) is 0.282. The van der Waals surface area contributed by atoms with Gasteiger partial charge in [-0.1, -0.05) is 57.3 Å². The first-order chi connectivity index (χ1) is 21.2. The Morgan fingerprint density at radius 1 is 1.13 bits per heavy atom. The molecule has 3 fully saturated rings. The topological polar surface area (TPSA) is 169 Å². The molecule has 1 aromatic rings. The van der Waals surface area contributed by atoms with E-state index in [0.29, 0.717) is 10.7 Å². The van der Waals surface area contributed by atoms with Crippen LogP contribution in [0.25, 0.3) is 5.70 Å². The Kier molecular flexibility index (Phi) is 9.46. The molecule has 2 aliphatic heterocycles. The van der Waals surface area contributed by atoms with Crippen LogP contribution in [0.2, 0.25) is 5.02 Å². The maximum absolute atomic E-state index is 14.4. The molecule has 12 nitrogen and oxygen atoms in total. The molecule has 5 N–H and O–H groups in total. The summed E-state index contributed by atoms with van der Waals surface area (Å²) in [5.74, 6) is -2.93. The van der Waals surface area contributed by atoms with E-state index in [2.05, 4.69) is 16.1 Å². The zero-order valence-corrected chi connectivity index (χ0v) is 26.7. The number of halogens is 1. The van der Waals surface area contributed by atoms with E-state index in [1.807, 2.05) is 32.9 Å². The summed E-state index contributed by atoms with van der Waals surface area (Å²) in [4.78, 5) is 73.1. The van der Waals surface area contributed by atoms with Crippen molar-refractivity contribution in [2.24, 2.45) is 17.1 Å². The monoisotopic (exact) mass is 643 g/mol. The number of nitrogens with one attached hydrogen (secondary N) is 3. The number of hydrogen-bond donors (Lipinski definition) is 4. The van der Waals surface area contributed by atoms with Gasteiger partial charge in [0, 0.05) is 17.0 Å². The lowest BCUT2D eigenvalue weighted by molar-refractivity contribution is -0.143. The third kappa shape index (κ3) is 7.78. The first-order valence-corrected chi connectivity index (χ1v) is 16.0. The molecule has 4 aliphatic rings. The highest BCUT2D eigenvalue weighted by atomic mass is 35.5. The summed E-state index contributed by atoms with van der Waals surface area (Å²) in [6, 6.07) is 3.92. The van der Waals surface area contributed by atoms with Gasteiger partial charge < -0.3 is 26.0 Å². The Balaban J connectivity index is 1.43. The van der Waals surface area contributed by atoms with Crippen molar-refractivity contribution in [3.8, 4) is 0 Å². The van der Waals surface area contributed by atoms with E-state index in [1.165, 1.54) is 4.90 Å². The summed E-state index contributed by atoms with van der Waals surface area (Å²) >= 11 is 6.21. The highest BCUT2D eigenvalue weighted by Crippen LogP contribution is 2.39. The third-order valence-electron chi connectivity index (χ3n) is 8.94. The van der Waals surface area contributed by atoms with Crippen molar-refractivity contribution in [1.29, 1.82) is 0 Å². The Morgan fingerprint density at radius 2 is 1.84 bits per heavy atom. The summed E-state index contributed by atoms with van der Waals surface area (Å²) in [6.07, 6.45) is 6.54. The van der Waals surface area contributed by atoms with Gasteiger partial charge in [0.1, 0.15) is 23.8 Å². The van der Waals surface area contributed by atoms with Gasteiger partial charge in [0.05, 0.1) is 18.3 Å². The molecule has 244 valence electrons. The average molecular weight is 644 g/mol. The van der Waals surface area contributed by atoms with Crippen molar-refractivity contribution >= 4 is 46.9 Å². The number of amides is 4. The molecule has 2 heterocycles. The fourth-order valence-corrected chi connectivity index (χ4v) is 6.49. The number of benzene rings is 1. The van der Waals surface area contributed by atoms with E-state index in [1.54, 1.807) is 18.2 Å². The van der Waals surface area contributed by atoms with Crippen molar-refractivity contribution in [3.05, 3.63) is 40.9 Å². The average Bonchev–Trinajstić information content (AvgIpc) is 3.33. The number of alkyl carbamates (subject to hydrolysis) is 1. The summed E-state index contributed by atoms with van der Waals surface area (Å²) in [5, 5.41) is 6.00. The van der Waals surface area contributed by atoms with Crippen LogP contribution >= 0.6 is 11.6 Å². The molecule has 0 radical (unpaired) electrons. The van der Waals surface area contributed by atoms with Crippen LogP contribution in [-0.2, 0) is 28.8 Å². The van der Waals surface area contributed by atoms with Gasteiger partial charge in [-0.2, -0.15) is 0 Å². The van der Waals surface area contributed by atoms with Gasteiger partial charge in [0.2, 0.25) is 17.6 Å². The zero-order chi connectivity index (χ0) is 32.5. The van der Waals surface area contributed by atoms with E-state index in [0.717, 1.165) is 44.1 Å². The lowest BCUT2D eigenvalue weighted by Crippen LogP contribution is -2.59. The Morgan fingerprint density at radius 3 is 2.47 bits per heavy atom. The summed E-state index contributed by atoms with van der Waals surface area (Å²) in [5.41, 5.74) is 7.73.